The Morgan fingerprint density at radius 3 is 2.34 bits per heavy atom. The molecule has 4 aromatic rings. The zero-order valence-corrected chi connectivity index (χ0v) is 23.5. The lowest BCUT2D eigenvalue weighted by Gasteiger charge is -2.37. The third-order valence-electron chi connectivity index (χ3n) is 7.30. The maximum absolute atomic E-state index is 14.7. The summed E-state index contributed by atoms with van der Waals surface area (Å²) in [6.45, 7) is 0.548. The highest BCUT2D eigenvalue weighted by atomic mass is 79.9. The third kappa shape index (κ3) is 4.70. The molecule has 2 aromatic carbocycles. The van der Waals surface area contributed by atoms with E-state index in [0.29, 0.717) is 41.1 Å². The standard InChI is InChI=1S/C28H19BrF5N5OS/c29-22-25(36-39(26(22)15-2-1-7-35-13-15)17-11-19(31)23(33)20(32)12-17)28(40)37-8-5-16(6-9-37)38-21(41)10-14-3-4-18(30)24(34)27(14)38/h1-4,7,11-13,16H,5-6,8-10H2. The van der Waals surface area contributed by atoms with E-state index >= 15 is 0 Å². The van der Waals surface area contributed by atoms with E-state index < -0.39 is 35.0 Å². The Bertz CT molecular complexity index is 1680. The number of fused-ring (bicyclic) bond motifs is 1. The van der Waals surface area contributed by atoms with Crippen molar-refractivity contribution in [3.05, 3.63) is 93.6 Å². The van der Waals surface area contributed by atoms with Crippen LogP contribution in [0.5, 0.6) is 0 Å². The zero-order valence-electron chi connectivity index (χ0n) is 21.1. The number of nitrogens with zero attached hydrogens (tertiary/aromatic N) is 5. The zero-order chi connectivity index (χ0) is 29.0. The number of hydrogen-bond donors (Lipinski definition) is 0. The fourth-order valence-corrected chi connectivity index (χ4v) is 6.40. The molecule has 4 heterocycles. The molecule has 6 rings (SSSR count). The second-order valence-corrected chi connectivity index (χ2v) is 11.0. The van der Waals surface area contributed by atoms with Gasteiger partial charge in [-0.15, -0.1) is 0 Å². The average molecular weight is 648 g/mol. The van der Waals surface area contributed by atoms with Crippen molar-refractivity contribution in [2.24, 2.45) is 0 Å². The van der Waals surface area contributed by atoms with Gasteiger partial charge >= 0.3 is 0 Å². The molecule has 2 aromatic heterocycles. The molecule has 0 aliphatic carbocycles. The van der Waals surface area contributed by atoms with Crippen LogP contribution in [0.1, 0.15) is 28.9 Å². The van der Waals surface area contributed by atoms with Gasteiger partial charge in [0.2, 0.25) is 0 Å². The number of halogens is 6. The number of rotatable bonds is 4. The van der Waals surface area contributed by atoms with Crippen LogP contribution < -0.4 is 4.90 Å². The molecule has 2 aliphatic rings. The third-order valence-corrected chi connectivity index (χ3v) is 8.39. The Balaban J connectivity index is 1.30. The van der Waals surface area contributed by atoms with Crippen molar-refractivity contribution in [1.29, 1.82) is 0 Å². The van der Waals surface area contributed by atoms with E-state index in [1.807, 2.05) is 0 Å². The van der Waals surface area contributed by atoms with Gasteiger partial charge in [0, 0.05) is 55.6 Å². The van der Waals surface area contributed by atoms with Crippen molar-refractivity contribution in [3.8, 4) is 16.9 Å². The van der Waals surface area contributed by atoms with Crippen LogP contribution in [0.3, 0.4) is 0 Å². The molecule has 0 saturated carbocycles. The number of benzene rings is 2. The molecule has 0 N–H and O–H groups in total. The van der Waals surface area contributed by atoms with E-state index in [2.05, 4.69) is 26.0 Å². The van der Waals surface area contributed by atoms with Crippen molar-refractivity contribution in [2.75, 3.05) is 18.0 Å². The predicted molar refractivity (Wildman–Crippen MR) is 148 cm³/mol. The van der Waals surface area contributed by atoms with Crippen LogP contribution in [0, 0.1) is 29.1 Å². The number of thiocarbonyl (C=S) groups is 1. The molecule has 13 heteroatoms. The lowest BCUT2D eigenvalue weighted by Crippen LogP contribution is -2.48. The van der Waals surface area contributed by atoms with Gasteiger partial charge in [-0.05, 0) is 52.5 Å². The number of carbonyl (C=O) groups is 1. The first kappa shape index (κ1) is 27.5. The second kappa shape index (κ2) is 10.6. The first-order chi connectivity index (χ1) is 19.7. The molecule has 2 aliphatic heterocycles. The number of pyridine rings is 1. The number of aromatic nitrogens is 3. The number of hydrogen-bond acceptors (Lipinski definition) is 4. The van der Waals surface area contributed by atoms with Crippen LogP contribution in [0.2, 0.25) is 0 Å². The Labute approximate surface area is 244 Å². The summed E-state index contributed by atoms with van der Waals surface area (Å²) >= 11 is 8.93. The largest absolute Gasteiger partial charge is 0.337 e. The minimum absolute atomic E-state index is 0.0254. The van der Waals surface area contributed by atoms with Gasteiger partial charge in [0.05, 0.1) is 26.5 Å². The maximum Gasteiger partial charge on any atom is 0.275 e. The molecule has 0 unspecified atom stereocenters. The quantitative estimate of drug-likeness (QED) is 0.146. The maximum atomic E-state index is 14.7. The Hall–Kier alpha value is -3.71. The summed E-state index contributed by atoms with van der Waals surface area (Å²) in [4.78, 5) is 21.5. The Morgan fingerprint density at radius 2 is 1.68 bits per heavy atom. The molecule has 0 atom stereocenters. The SMILES string of the molecule is O=C(c1nn(-c2cc(F)c(F)c(F)c2)c(-c2cccnc2)c1Br)N1CCC(N2C(=S)Cc3ccc(F)c(F)c32)CC1. The molecular weight excluding hydrogens is 629 g/mol. The van der Waals surface area contributed by atoms with Crippen molar-refractivity contribution >= 4 is 44.7 Å². The first-order valence-corrected chi connectivity index (χ1v) is 13.8. The highest BCUT2D eigenvalue weighted by Crippen LogP contribution is 2.38. The van der Waals surface area contributed by atoms with Crippen molar-refractivity contribution in [1.82, 2.24) is 19.7 Å². The van der Waals surface area contributed by atoms with Crippen molar-refractivity contribution in [3.63, 3.8) is 0 Å². The Morgan fingerprint density at radius 1 is 0.976 bits per heavy atom. The lowest BCUT2D eigenvalue weighted by molar-refractivity contribution is 0.0707. The first-order valence-electron chi connectivity index (χ1n) is 12.6. The summed E-state index contributed by atoms with van der Waals surface area (Å²) in [6.07, 6.45) is 4.24. The molecule has 1 saturated heterocycles. The van der Waals surface area contributed by atoms with Crippen molar-refractivity contribution < 1.29 is 26.7 Å². The van der Waals surface area contributed by atoms with Gasteiger partial charge in [-0.25, -0.2) is 26.6 Å². The number of carbonyl (C=O) groups excluding carboxylic acids is 1. The van der Waals surface area contributed by atoms with Gasteiger partial charge in [0.25, 0.3) is 5.91 Å². The fourth-order valence-electron chi connectivity index (χ4n) is 5.36. The monoisotopic (exact) mass is 647 g/mol. The van der Waals surface area contributed by atoms with E-state index in [1.165, 1.54) is 18.5 Å². The molecule has 6 nitrogen and oxygen atoms in total. The van der Waals surface area contributed by atoms with Crippen LogP contribution >= 0.6 is 28.1 Å². The van der Waals surface area contributed by atoms with Gasteiger partial charge in [-0.3, -0.25) is 9.78 Å². The number of likely N-dealkylation sites (tertiary alicyclic amines) is 1. The van der Waals surface area contributed by atoms with E-state index in [-0.39, 0.29) is 40.7 Å². The summed E-state index contributed by atoms with van der Waals surface area (Å²) in [6, 6.07) is 7.29. The number of anilines is 1. The molecule has 0 radical (unpaired) electrons. The van der Waals surface area contributed by atoms with Gasteiger partial charge in [0.15, 0.2) is 34.8 Å². The molecule has 0 spiro atoms. The summed E-state index contributed by atoms with van der Waals surface area (Å²) in [7, 11) is 0. The summed E-state index contributed by atoms with van der Waals surface area (Å²) in [5.41, 5.74) is 1.40. The van der Waals surface area contributed by atoms with Crippen LogP contribution in [0.25, 0.3) is 16.9 Å². The molecule has 41 heavy (non-hydrogen) atoms. The molecule has 0 bridgehead atoms. The van der Waals surface area contributed by atoms with Gasteiger partial charge in [0.1, 0.15) is 0 Å². The topological polar surface area (TPSA) is 54.3 Å². The van der Waals surface area contributed by atoms with E-state index in [4.69, 9.17) is 12.2 Å². The number of piperidine rings is 1. The molecular formula is C28H19BrF5N5OS. The lowest BCUT2D eigenvalue weighted by atomic mass is 10.0. The molecule has 210 valence electrons. The van der Waals surface area contributed by atoms with Crippen LogP contribution in [0.15, 0.2) is 53.3 Å². The predicted octanol–water partition coefficient (Wildman–Crippen LogP) is 6.39. The smallest absolute Gasteiger partial charge is 0.275 e. The van der Waals surface area contributed by atoms with E-state index in [1.54, 1.807) is 21.9 Å². The van der Waals surface area contributed by atoms with Gasteiger partial charge in [-0.2, -0.15) is 5.10 Å². The Kier molecular flexibility index (Phi) is 7.10. The fraction of sp³-hybridized carbons (Fsp3) is 0.214. The highest BCUT2D eigenvalue weighted by molar-refractivity contribution is 9.10. The van der Waals surface area contributed by atoms with E-state index in [9.17, 15) is 26.7 Å². The second-order valence-electron chi connectivity index (χ2n) is 9.72. The summed E-state index contributed by atoms with van der Waals surface area (Å²) < 4.78 is 72.1. The van der Waals surface area contributed by atoms with E-state index in [0.717, 1.165) is 22.9 Å². The minimum atomic E-state index is -1.62. The normalized spacial score (nSPS) is 15.5. The molecule has 1 amide bonds. The minimum Gasteiger partial charge on any atom is -0.337 e. The van der Waals surface area contributed by atoms with Crippen LogP contribution in [-0.4, -0.2) is 49.7 Å². The van der Waals surface area contributed by atoms with Gasteiger partial charge in [-0.1, -0.05) is 18.3 Å². The molecule has 1 fully saturated rings. The van der Waals surface area contributed by atoms with Gasteiger partial charge < -0.3 is 9.80 Å². The summed E-state index contributed by atoms with van der Waals surface area (Å²) in [5.74, 6) is -6.77. The summed E-state index contributed by atoms with van der Waals surface area (Å²) in [5, 5.41) is 4.38. The number of amides is 1. The van der Waals surface area contributed by atoms with Crippen LogP contribution in [-0.2, 0) is 6.42 Å². The van der Waals surface area contributed by atoms with Crippen molar-refractivity contribution in [2.45, 2.75) is 25.3 Å². The van der Waals surface area contributed by atoms with Crippen LogP contribution in [0.4, 0.5) is 27.6 Å². The highest BCUT2D eigenvalue weighted by Gasteiger charge is 2.37. The average Bonchev–Trinajstić information content (AvgIpc) is 3.50.